The normalized spacial score (nSPS) is 10.2. The highest BCUT2D eigenvalue weighted by Gasteiger charge is 2.09. The highest BCUT2D eigenvalue weighted by atomic mass is 19.1. The smallest absolute Gasteiger partial charge is 0.257 e. The van der Waals surface area contributed by atoms with Crippen molar-refractivity contribution in [1.29, 1.82) is 0 Å². The molecule has 126 valence electrons. The number of carbonyl (C=O) groups is 1. The first-order valence-electron chi connectivity index (χ1n) is 7.58. The molecule has 0 saturated heterocycles. The molecule has 0 aliphatic heterocycles. The lowest BCUT2D eigenvalue weighted by atomic mass is 10.2. The number of para-hydroxylation sites is 2. The molecule has 1 amide bonds. The molecular weight excluding hydrogens is 321 g/mol. The summed E-state index contributed by atoms with van der Waals surface area (Å²) in [6, 6.07) is 14.8. The van der Waals surface area contributed by atoms with Crippen LogP contribution in [-0.2, 0) is 0 Å². The van der Waals surface area contributed by atoms with Crippen LogP contribution >= 0.6 is 0 Å². The van der Waals surface area contributed by atoms with Gasteiger partial charge in [-0.1, -0.05) is 18.2 Å². The van der Waals surface area contributed by atoms with Gasteiger partial charge >= 0.3 is 0 Å². The number of hydrogen-bond acceptors (Lipinski definition) is 4. The molecule has 0 atom stereocenters. The van der Waals surface area contributed by atoms with Crippen LogP contribution in [0, 0.1) is 5.82 Å². The lowest BCUT2D eigenvalue weighted by Gasteiger charge is -2.11. The molecule has 1 aromatic heterocycles. The second-order valence-corrected chi connectivity index (χ2v) is 5.25. The maximum absolute atomic E-state index is 13.2. The molecule has 0 radical (unpaired) electrons. The number of amides is 1. The summed E-state index contributed by atoms with van der Waals surface area (Å²) in [4.78, 5) is 16.4. The quantitative estimate of drug-likeness (QED) is 0.731. The summed E-state index contributed by atoms with van der Waals surface area (Å²) in [6.45, 7) is 0. The van der Waals surface area contributed by atoms with Gasteiger partial charge in [0.05, 0.1) is 30.2 Å². The van der Waals surface area contributed by atoms with Crippen LogP contribution in [0.15, 0.2) is 67.0 Å². The molecule has 0 aliphatic carbocycles. The Hall–Kier alpha value is -3.41. The van der Waals surface area contributed by atoms with Crippen LogP contribution in [0.25, 0.3) is 0 Å². The second-order valence-electron chi connectivity index (χ2n) is 5.25. The minimum absolute atomic E-state index is 0.351. The number of benzene rings is 2. The molecule has 0 bridgehead atoms. The van der Waals surface area contributed by atoms with Gasteiger partial charge in [0, 0.05) is 11.9 Å². The number of pyridine rings is 1. The van der Waals surface area contributed by atoms with Crippen molar-refractivity contribution >= 4 is 23.0 Å². The number of rotatable bonds is 5. The third kappa shape index (κ3) is 4.11. The second kappa shape index (κ2) is 7.44. The summed E-state index contributed by atoms with van der Waals surface area (Å²) in [5.41, 5.74) is 2.13. The Bertz CT molecular complexity index is 899. The van der Waals surface area contributed by atoms with Crippen LogP contribution in [0.1, 0.15) is 10.4 Å². The number of hydrogen-bond donors (Lipinski definition) is 2. The number of anilines is 3. The van der Waals surface area contributed by atoms with Gasteiger partial charge in [-0.05, 0) is 36.4 Å². The number of carbonyl (C=O) groups excluding carboxylic acids is 1. The average Bonchev–Trinajstić information content (AvgIpc) is 2.62. The first kappa shape index (κ1) is 16.4. The molecule has 2 N–H and O–H groups in total. The zero-order valence-corrected chi connectivity index (χ0v) is 13.5. The molecule has 0 saturated carbocycles. The van der Waals surface area contributed by atoms with E-state index in [0.717, 1.165) is 5.69 Å². The average molecular weight is 337 g/mol. The van der Waals surface area contributed by atoms with Gasteiger partial charge in [-0.25, -0.2) is 4.39 Å². The van der Waals surface area contributed by atoms with Gasteiger partial charge in [-0.3, -0.25) is 9.78 Å². The van der Waals surface area contributed by atoms with Crippen LogP contribution in [0.2, 0.25) is 0 Å². The zero-order valence-electron chi connectivity index (χ0n) is 13.5. The molecule has 0 aliphatic rings. The van der Waals surface area contributed by atoms with Crippen LogP contribution in [0.4, 0.5) is 21.5 Å². The highest BCUT2D eigenvalue weighted by Crippen LogP contribution is 2.27. The molecule has 3 rings (SSSR count). The van der Waals surface area contributed by atoms with Crippen molar-refractivity contribution in [2.45, 2.75) is 0 Å². The Balaban J connectivity index is 1.78. The van der Waals surface area contributed by atoms with Crippen molar-refractivity contribution < 1.29 is 13.9 Å². The molecule has 0 unspecified atom stereocenters. The van der Waals surface area contributed by atoms with Gasteiger partial charge in [-0.15, -0.1) is 0 Å². The lowest BCUT2D eigenvalue weighted by Crippen LogP contribution is -2.12. The molecule has 5 nitrogen and oxygen atoms in total. The summed E-state index contributed by atoms with van der Waals surface area (Å²) >= 11 is 0. The molecule has 0 fully saturated rings. The number of aromatic nitrogens is 1. The van der Waals surface area contributed by atoms with Gasteiger partial charge in [0.15, 0.2) is 0 Å². The summed E-state index contributed by atoms with van der Waals surface area (Å²) < 4.78 is 18.5. The Labute approximate surface area is 144 Å². The fourth-order valence-electron chi connectivity index (χ4n) is 2.31. The fraction of sp³-hybridized carbons (Fsp3) is 0.0526. The minimum atomic E-state index is -0.414. The van der Waals surface area contributed by atoms with E-state index in [1.54, 1.807) is 25.4 Å². The van der Waals surface area contributed by atoms with Crippen molar-refractivity contribution in [1.82, 2.24) is 4.98 Å². The van der Waals surface area contributed by atoms with Gasteiger partial charge < -0.3 is 15.4 Å². The van der Waals surface area contributed by atoms with E-state index in [2.05, 4.69) is 15.6 Å². The van der Waals surface area contributed by atoms with E-state index < -0.39 is 5.82 Å². The zero-order chi connectivity index (χ0) is 17.6. The van der Waals surface area contributed by atoms with E-state index in [9.17, 15) is 9.18 Å². The van der Waals surface area contributed by atoms with Crippen molar-refractivity contribution in [3.05, 3.63) is 78.4 Å². The van der Waals surface area contributed by atoms with E-state index in [-0.39, 0.29) is 5.91 Å². The van der Waals surface area contributed by atoms with Gasteiger partial charge in [0.2, 0.25) is 0 Å². The Morgan fingerprint density at radius 1 is 1.04 bits per heavy atom. The summed E-state index contributed by atoms with van der Waals surface area (Å²) in [7, 11) is 1.58. The number of halogens is 1. The lowest BCUT2D eigenvalue weighted by molar-refractivity contribution is 0.102. The van der Waals surface area contributed by atoms with Gasteiger partial charge in [0.25, 0.3) is 5.91 Å². The molecule has 3 aromatic rings. The van der Waals surface area contributed by atoms with E-state index in [0.29, 0.717) is 22.7 Å². The number of nitrogens with zero attached hydrogens (tertiary/aromatic N) is 1. The minimum Gasteiger partial charge on any atom is -0.495 e. The number of methoxy groups -OCH3 is 1. The molecule has 2 aromatic carbocycles. The third-order valence-electron chi connectivity index (χ3n) is 3.47. The van der Waals surface area contributed by atoms with Crippen LogP contribution < -0.4 is 15.4 Å². The SMILES string of the molecule is COc1ccccc1Nc1cncc(C(=O)Nc2cccc(F)c2)c1. The predicted molar refractivity (Wildman–Crippen MR) is 94.9 cm³/mol. The predicted octanol–water partition coefficient (Wildman–Crippen LogP) is 4.23. The molecule has 0 spiro atoms. The van der Waals surface area contributed by atoms with Crippen molar-refractivity contribution in [3.63, 3.8) is 0 Å². The largest absolute Gasteiger partial charge is 0.495 e. The van der Waals surface area contributed by atoms with Crippen molar-refractivity contribution in [3.8, 4) is 5.75 Å². The monoisotopic (exact) mass is 337 g/mol. The van der Waals surface area contributed by atoms with Crippen molar-refractivity contribution in [2.24, 2.45) is 0 Å². The number of nitrogens with one attached hydrogen (secondary N) is 2. The molecule has 6 heteroatoms. The third-order valence-corrected chi connectivity index (χ3v) is 3.47. The van der Waals surface area contributed by atoms with E-state index >= 15 is 0 Å². The molecule has 1 heterocycles. The molecule has 25 heavy (non-hydrogen) atoms. The van der Waals surface area contributed by atoms with Gasteiger partial charge in [-0.2, -0.15) is 0 Å². The fourth-order valence-corrected chi connectivity index (χ4v) is 2.31. The first-order valence-corrected chi connectivity index (χ1v) is 7.58. The Kier molecular flexibility index (Phi) is 4.89. The highest BCUT2D eigenvalue weighted by molar-refractivity contribution is 6.04. The maximum atomic E-state index is 13.2. The Morgan fingerprint density at radius 3 is 2.68 bits per heavy atom. The van der Waals surface area contributed by atoms with E-state index in [1.807, 2.05) is 24.3 Å². The van der Waals surface area contributed by atoms with E-state index in [4.69, 9.17) is 4.74 Å². The summed E-state index contributed by atoms with van der Waals surface area (Å²) in [5.74, 6) is -0.110. The molecular formula is C19H16FN3O2. The first-order chi connectivity index (χ1) is 12.2. The van der Waals surface area contributed by atoms with Gasteiger partial charge in [0.1, 0.15) is 11.6 Å². The summed E-state index contributed by atoms with van der Waals surface area (Å²) in [5, 5.41) is 5.81. The van der Waals surface area contributed by atoms with Crippen LogP contribution in [-0.4, -0.2) is 18.0 Å². The van der Waals surface area contributed by atoms with Crippen molar-refractivity contribution in [2.75, 3.05) is 17.7 Å². The van der Waals surface area contributed by atoms with Crippen LogP contribution in [0.3, 0.4) is 0 Å². The topological polar surface area (TPSA) is 63.2 Å². The Morgan fingerprint density at radius 2 is 1.88 bits per heavy atom. The van der Waals surface area contributed by atoms with Crippen LogP contribution in [0.5, 0.6) is 5.75 Å². The number of ether oxygens (including phenoxy) is 1. The standard InChI is InChI=1S/C19H16FN3O2/c1-25-18-8-3-2-7-17(18)22-16-9-13(11-21-12-16)19(24)23-15-6-4-5-14(20)10-15/h2-12,22H,1H3,(H,23,24). The summed E-state index contributed by atoms with van der Waals surface area (Å²) in [6.07, 6.45) is 3.05. The maximum Gasteiger partial charge on any atom is 0.257 e. The van der Waals surface area contributed by atoms with E-state index in [1.165, 1.54) is 24.4 Å².